The molecule has 0 amide bonds. The van der Waals surface area contributed by atoms with Gasteiger partial charge in [0.25, 0.3) is 0 Å². The Labute approximate surface area is 125 Å². The van der Waals surface area contributed by atoms with Gasteiger partial charge in [0.05, 0.1) is 0 Å². The summed E-state index contributed by atoms with van der Waals surface area (Å²) in [5.41, 5.74) is -1.10. The highest BCUT2D eigenvalue weighted by Gasteiger charge is 2.35. The van der Waals surface area contributed by atoms with Gasteiger partial charge in [-0.25, -0.2) is 22.5 Å². The average molecular weight is 315 g/mol. The van der Waals surface area contributed by atoms with E-state index in [9.17, 15) is 18.3 Å². The second kappa shape index (κ2) is 6.40. The van der Waals surface area contributed by atoms with Gasteiger partial charge in [0, 0.05) is 20.3 Å². The van der Waals surface area contributed by atoms with Crippen LogP contribution >= 0.6 is 0 Å². The number of carboxylic acid groups (broad SMARTS) is 1. The van der Waals surface area contributed by atoms with Crippen LogP contribution < -0.4 is 5.32 Å². The highest BCUT2D eigenvalue weighted by atomic mass is 32.2. The Morgan fingerprint density at radius 3 is 2.24 bits per heavy atom. The van der Waals surface area contributed by atoms with Crippen LogP contribution in [0, 0.1) is 0 Å². The molecule has 7 nitrogen and oxygen atoms in total. The number of aromatic nitrogens is 1. The normalized spacial score (nSPS) is 12.4. The molecule has 0 bridgehead atoms. The second-order valence-electron chi connectivity index (χ2n) is 4.89. The molecule has 0 aliphatic carbocycles. The lowest BCUT2D eigenvalue weighted by Crippen LogP contribution is -2.45. The van der Waals surface area contributed by atoms with E-state index in [-0.39, 0.29) is 4.90 Å². The molecule has 1 aromatic heterocycles. The van der Waals surface area contributed by atoms with Gasteiger partial charge in [0.1, 0.15) is 16.3 Å². The number of anilines is 1. The minimum atomic E-state index is -3.54. The van der Waals surface area contributed by atoms with E-state index < -0.39 is 21.5 Å². The zero-order valence-electron chi connectivity index (χ0n) is 12.6. The summed E-state index contributed by atoms with van der Waals surface area (Å²) in [5.74, 6) is -0.627. The first kappa shape index (κ1) is 17.4. The predicted octanol–water partition coefficient (Wildman–Crippen LogP) is 1.39. The number of carboxylic acids is 1. The van der Waals surface area contributed by atoms with Gasteiger partial charge in [0.2, 0.25) is 10.0 Å². The van der Waals surface area contributed by atoms with Crippen molar-refractivity contribution in [1.82, 2.24) is 9.29 Å². The number of rotatable bonds is 7. The van der Waals surface area contributed by atoms with E-state index in [1.807, 2.05) is 0 Å². The third-order valence-corrected chi connectivity index (χ3v) is 5.30. The summed E-state index contributed by atoms with van der Waals surface area (Å²) in [7, 11) is -0.667. The van der Waals surface area contributed by atoms with Crippen LogP contribution in [0.15, 0.2) is 23.2 Å². The highest BCUT2D eigenvalue weighted by Crippen LogP contribution is 2.22. The van der Waals surface area contributed by atoms with Crippen LogP contribution in [0.25, 0.3) is 0 Å². The summed E-state index contributed by atoms with van der Waals surface area (Å²) in [6, 6.07) is 2.88. The van der Waals surface area contributed by atoms with Crippen LogP contribution in [0.1, 0.15) is 26.7 Å². The first-order valence-corrected chi connectivity index (χ1v) is 8.03. The third-order valence-electron chi connectivity index (χ3n) is 3.50. The maximum Gasteiger partial charge on any atom is 0.329 e. The number of nitrogens with zero attached hydrogens (tertiary/aromatic N) is 2. The lowest BCUT2D eigenvalue weighted by molar-refractivity contribution is -0.142. The minimum absolute atomic E-state index is 0.0620. The van der Waals surface area contributed by atoms with E-state index >= 15 is 0 Å². The fourth-order valence-electron chi connectivity index (χ4n) is 1.85. The molecule has 0 saturated carbocycles. The Morgan fingerprint density at radius 2 is 1.90 bits per heavy atom. The summed E-state index contributed by atoms with van der Waals surface area (Å²) in [6.07, 6.45) is 1.99. The topological polar surface area (TPSA) is 99.6 Å². The maximum atomic E-state index is 11.9. The summed E-state index contributed by atoms with van der Waals surface area (Å²) in [6.45, 7) is 3.55. The Hall–Kier alpha value is -1.67. The molecule has 0 fully saturated rings. The van der Waals surface area contributed by atoms with Crippen molar-refractivity contribution >= 4 is 21.8 Å². The van der Waals surface area contributed by atoms with Crippen molar-refractivity contribution in [3.63, 3.8) is 0 Å². The van der Waals surface area contributed by atoms with E-state index in [0.29, 0.717) is 18.7 Å². The van der Waals surface area contributed by atoms with Crippen LogP contribution in [0.3, 0.4) is 0 Å². The third kappa shape index (κ3) is 3.51. The van der Waals surface area contributed by atoms with E-state index in [4.69, 9.17) is 0 Å². The first-order valence-electron chi connectivity index (χ1n) is 6.59. The molecular formula is C13H21N3O4S. The molecule has 21 heavy (non-hydrogen) atoms. The lowest BCUT2D eigenvalue weighted by Gasteiger charge is -2.28. The van der Waals surface area contributed by atoms with E-state index in [1.165, 1.54) is 32.4 Å². The monoisotopic (exact) mass is 315 g/mol. The smallest absolute Gasteiger partial charge is 0.329 e. The van der Waals surface area contributed by atoms with Crippen molar-refractivity contribution in [1.29, 1.82) is 0 Å². The highest BCUT2D eigenvalue weighted by molar-refractivity contribution is 7.89. The van der Waals surface area contributed by atoms with Gasteiger partial charge in [0.15, 0.2) is 0 Å². The van der Waals surface area contributed by atoms with E-state index in [2.05, 4.69) is 10.3 Å². The molecule has 0 aliphatic rings. The number of carbonyl (C=O) groups is 1. The van der Waals surface area contributed by atoms with E-state index in [1.54, 1.807) is 13.8 Å². The number of sulfonamides is 1. The van der Waals surface area contributed by atoms with Gasteiger partial charge < -0.3 is 10.4 Å². The van der Waals surface area contributed by atoms with Crippen molar-refractivity contribution in [2.75, 3.05) is 19.4 Å². The number of hydrogen-bond donors (Lipinski definition) is 2. The number of pyridine rings is 1. The molecule has 2 N–H and O–H groups in total. The van der Waals surface area contributed by atoms with Gasteiger partial charge in [-0.2, -0.15) is 0 Å². The summed E-state index contributed by atoms with van der Waals surface area (Å²) in [4.78, 5) is 15.5. The van der Waals surface area contributed by atoms with Crippen LogP contribution in [-0.2, 0) is 14.8 Å². The SMILES string of the molecule is CCC(CC)(Nc1ccc(S(=O)(=O)N(C)C)cn1)C(=O)O. The molecule has 0 spiro atoms. The van der Waals surface area contributed by atoms with Crippen molar-refractivity contribution in [3.05, 3.63) is 18.3 Å². The molecule has 118 valence electrons. The van der Waals surface area contributed by atoms with Crippen LogP contribution in [0.5, 0.6) is 0 Å². The Kier molecular flexibility index (Phi) is 5.30. The molecule has 1 aromatic rings. The molecule has 1 rings (SSSR count). The lowest BCUT2D eigenvalue weighted by atomic mass is 9.93. The van der Waals surface area contributed by atoms with Crippen molar-refractivity contribution in [2.45, 2.75) is 37.1 Å². The van der Waals surface area contributed by atoms with Crippen molar-refractivity contribution in [3.8, 4) is 0 Å². The van der Waals surface area contributed by atoms with Crippen LogP contribution in [0.2, 0.25) is 0 Å². The number of hydrogen-bond acceptors (Lipinski definition) is 5. The number of aliphatic carboxylic acids is 1. The standard InChI is InChI=1S/C13H21N3O4S/c1-5-13(6-2,12(17)18)15-11-8-7-10(9-14-11)21(19,20)16(3)4/h7-9H,5-6H2,1-4H3,(H,14,15)(H,17,18). The van der Waals surface area contributed by atoms with Gasteiger partial charge in [-0.05, 0) is 25.0 Å². The zero-order chi connectivity index (χ0) is 16.3. The zero-order valence-corrected chi connectivity index (χ0v) is 13.4. The molecule has 0 atom stereocenters. The van der Waals surface area contributed by atoms with Crippen LogP contribution in [0.4, 0.5) is 5.82 Å². The van der Waals surface area contributed by atoms with Gasteiger partial charge in [-0.1, -0.05) is 13.8 Å². The summed E-state index contributed by atoms with van der Waals surface area (Å²) < 4.78 is 24.9. The Morgan fingerprint density at radius 1 is 1.33 bits per heavy atom. The maximum absolute atomic E-state index is 11.9. The first-order chi connectivity index (χ1) is 9.69. The summed E-state index contributed by atoms with van der Waals surface area (Å²) >= 11 is 0. The Balaban J connectivity index is 3.06. The van der Waals surface area contributed by atoms with Crippen LogP contribution in [-0.4, -0.2) is 48.4 Å². The van der Waals surface area contributed by atoms with Gasteiger partial charge in [-0.3, -0.25) is 0 Å². The molecule has 1 heterocycles. The second-order valence-corrected chi connectivity index (χ2v) is 7.04. The largest absolute Gasteiger partial charge is 0.480 e. The molecule has 0 unspecified atom stereocenters. The fourth-order valence-corrected chi connectivity index (χ4v) is 2.69. The summed E-state index contributed by atoms with van der Waals surface area (Å²) in [5, 5.41) is 12.2. The number of nitrogens with one attached hydrogen (secondary N) is 1. The predicted molar refractivity (Wildman–Crippen MR) is 79.7 cm³/mol. The molecule has 0 saturated heterocycles. The Bertz CT molecular complexity index is 592. The van der Waals surface area contributed by atoms with Gasteiger partial charge >= 0.3 is 5.97 Å². The molecule has 0 aliphatic heterocycles. The van der Waals surface area contributed by atoms with Gasteiger partial charge in [-0.15, -0.1) is 0 Å². The quantitative estimate of drug-likeness (QED) is 0.788. The minimum Gasteiger partial charge on any atom is -0.480 e. The molecular weight excluding hydrogens is 294 g/mol. The molecule has 0 radical (unpaired) electrons. The molecule has 0 aromatic carbocycles. The molecule has 8 heteroatoms. The fraction of sp³-hybridized carbons (Fsp3) is 0.538. The van der Waals surface area contributed by atoms with E-state index in [0.717, 1.165) is 4.31 Å². The van der Waals surface area contributed by atoms with Crippen molar-refractivity contribution in [2.24, 2.45) is 0 Å². The average Bonchev–Trinajstić information content (AvgIpc) is 2.44. The van der Waals surface area contributed by atoms with Crippen molar-refractivity contribution < 1.29 is 18.3 Å².